The minimum atomic E-state index is -0.362. The molecular formula is C18H30INO3. The van der Waals surface area contributed by atoms with Gasteiger partial charge in [-0.15, -0.1) is 12.3 Å². The van der Waals surface area contributed by atoms with Crippen molar-refractivity contribution in [3.05, 3.63) is 0 Å². The van der Waals surface area contributed by atoms with Crippen molar-refractivity contribution in [2.24, 2.45) is 5.92 Å². The fraction of sp³-hybridized carbons (Fsp3) is 0.833. The van der Waals surface area contributed by atoms with E-state index in [0.29, 0.717) is 32.1 Å². The lowest BCUT2D eigenvalue weighted by Crippen LogP contribution is -2.50. The highest BCUT2D eigenvalue weighted by atomic mass is 127. The van der Waals surface area contributed by atoms with Crippen LogP contribution in [-0.2, 0) is 14.3 Å². The molecular weight excluding hydrogens is 405 g/mol. The SMILES string of the molecule is C#CCCN(C(=O)C(I)CCC)C(C)C1OCCC(CC)CO1. The van der Waals surface area contributed by atoms with E-state index in [9.17, 15) is 4.79 Å². The topological polar surface area (TPSA) is 38.8 Å². The van der Waals surface area contributed by atoms with Gasteiger partial charge in [0.25, 0.3) is 0 Å². The summed E-state index contributed by atoms with van der Waals surface area (Å²) < 4.78 is 11.8. The van der Waals surface area contributed by atoms with E-state index in [1.54, 1.807) is 0 Å². The van der Waals surface area contributed by atoms with Crippen LogP contribution in [0.4, 0.5) is 0 Å². The van der Waals surface area contributed by atoms with E-state index >= 15 is 0 Å². The van der Waals surface area contributed by atoms with Gasteiger partial charge in [-0.25, -0.2) is 0 Å². The summed E-state index contributed by atoms with van der Waals surface area (Å²) in [5, 5.41) is 0. The van der Waals surface area contributed by atoms with Crippen molar-refractivity contribution < 1.29 is 14.3 Å². The van der Waals surface area contributed by atoms with E-state index in [4.69, 9.17) is 15.9 Å². The number of carbonyl (C=O) groups excluding carboxylic acids is 1. The lowest BCUT2D eigenvalue weighted by molar-refractivity contribution is -0.172. The van der Waals surface area contributed by atoms with E-state index in [0.717, 1.165) is 25.7 Å². The normalized spacial score (nSPS) is 24.3. The molecule has 1 fully saturated rings. The number of carbonyl (C=O) groups is 1. The fourth-order valence-corrected chi connectivity index (χ4v) is 3.70. The van der Waals surface area contributed by atoms with Crippen molar-refractivity contribution in [2.75, 3.05) is 19.8 Å². The first-order valence-corrected chi connectivity index (χ1v) is 9.90. The van der Waals surface area contributed by atoms with Gasteiger partial charge in [-0.05, 0) is 25.7 Å². The monoisotopic (exact) mass is 435 g/mol. The van der Waals surface area contributed by atoms with Crippen molar-refractivity contribution in [1.29, 1.82) is 0 Å². The van der Waals surface area contributed by atoms with Gasteiger partial charge >= 0.3 is 0 Å². The highest BCUT2D eigenvalue weighted by molar-refractivity contribution is 14.1. The van der Waals surface area contributed by atoms with Crippen LogP contribution < -0.4 is 0 Å². The summed E-state index contributed by atoms with van der Waals surface area (Å²) in [6, 6.07) is -0.124. The lowest BCUT2D eigenvalue weighted by atomic mass is 10.1. The molecule has 1 amide bonds. The van der Waals surface area contributed by atoms with Crippen LogP contribution in [0.15, 0.2) is 0 Å². The third kappa shape index (κ3) is 6.60. The molecule has 132 valence electrons. The molecule has 0 aromatic rings. The average molecular weight is 435 g/mol. The first-order valence-electron chi connectivity index (χ1n) is 8.66. The van der Waals surface area contributed by atoms with Crippen LogP contribution >= 0.6 is 22.6 Å². The third-order valence-corrected chi connectivity index (χ3v) is 5.51. The number of hydrogen-bond donors (Lipinski definition) is 0. The maximum absolute atomic E-state index is 12.8. The van der Waals surface area contributed by atoms with E-state index < -0.39 is 0 Å². The highest BCUT2D eigenvalue weighted by Gasteiger charge is 2.32. The average Bonchev–Trinajstić information content (AvgIpc) is 2.80. The van der Waals surface area contributed by atoms with Crippen molar-refractivity contribution in [2.45, 2.75) is 69.1 Å². The molecule has 0 aromatic carbocycles. The molecule has 4 unspecified atom stereocenters. The molecule has 0 bridgehead atoms. The highest BCUT2D eigenvalue weighted by Crippen LogP contribution is 2.22. The number of terminal acetylenes is 1. The molecule has 0 aromatic heterocycles. The molecule has 5 heteroatoms. The summed E-state index contributed by atoms with van der Waals surface area (Å²) in [7, 11) is 0. The Kier molecular flexibility index (Phi) is 10.2. The van der Waals surface area contributed by atoms with Gasteiger partial charge in [-0.2, -0.15) is 0 Å². The summed E-state index contributed by atoms with van der Waals surface area (Å²) in [6.45, 7) is 8.21. The predicted octanol–water partition coefficient (Wildman–Crippen LogP) is 3.62. The van der Waals surface area contributed by atoms with E-state index in [2.05, 4.69) is 42.4 Å². The zero-order valence-electron chi connectivity index (χ0n) is 14.6. The molecule has 1 aliphatic rings. The molecule has 4 nitrogen and oxygen atoms in total. The number of nitrogens with zero attached hydrogens (tertiary/aromatic N) is 1. The van der Waals surface area contributed by atoms with Gasteiger partial charge in [0, 0.05) is 13.0 Å². The molecule has 0 aliphatic carbocycles. The number of ether oxygens (including phenoxy) is 2. The Morgan fingerprint density at radius 1 is 1.43 bits per heavy atom. The zero-order chi connectivity index (χ0) is 17.2. The maximum atomic E-state index is 12.8. The molecule has 0 saturated carbocycles. The van der Waals surface area contributed by atoms with Gasteiger partial charge in [0.05, 0.1) is 23.2 Å². The molecule has 0 N–H and O–H groups in total. The van der Waals surface area contributed by atoms with Crippen LogP contribution in [0.3, 0.4) is 0 Å². The Labute approximate surface area is 154 Å². The molecule has 1 rings (SSSR count). The second-order valence-electron chi connectivity index (χ2n) is 6.12. The molecule has 4 atom stereocenters. The van der Waals surface area contributed by atoms with Crippen LogP contribution in [0.2, 0.25) is 0 Å². The minimum Gasteiger partial charge on any atom is -0.350 e. The molecule has 23 heavy (non-hydrogen) atoms. The standard InChI is InChI=1S/C18H30INO3/c1-5-8-11-20(17(21)16(19)9-6-2)14(4)18-22-12-10-15(7-3)13-23-18/h1,14-16,18H,6-13H2,2-4H3. The Morgan fingerprint density at radius 2 is 2.17 bits per heavy atom. The van der Waals surface area contributed by atoms with Crippen LogP contribution in [-0.4, -0.2) is 46.8 Å². The van der Waals surface area contributed by atoms with Crippen molar-refractivity contribution in [1.82, 2.24) is 4.90 Å². The van der Waals surface area contributed by atoms with E-state index in [-0.39, 0.29) is 22.2 Å². The summed E-state index contributed by atoms with van der Waals surface area (Å²) in [5.41, 5.74) is 0. The summed E-state index contributed by atoms with van der Waals surface area (Å²) in [4.78, 5) is 14.6. The molecule has 1 saturated heterocycles. The summed E-state index contributed by atoms with van der Waals surface area (Å²) in [6.07, 6.45) is 9.57. The summed E-state index contributed by atoms with van der Waals surface area (Å²) >= 11 is 2.23. The van der Waals surface area contributed by atoms with Gasteiger partial charge in [0.15, 0.2) is 6.29 Å². The Hall–Kier alpha value is -0.320. The van der Waals surface area contributed by atoms with Crippen molar-refractivity contribution >= 4 is 28.5 Å². The first kappa shape index (κ1) is 20.7. The van der Waals surface area contributed by atoms with E-state index in [1.165, 1.54) is 0 Å². The zero-order valence-corrected chi connectivity index (χ0v) is 16.8. The van der Waals surface area contributed by atoms with Gasteiger partial charge < -0.3 is 14.4 Å². The Balaban J connectivity index is 2.76. The number of rotatable bonds is 8. The quantitative estimate of drug-likeness (QED) is 0.332. The number of hydrogen-bond acceptors (Lipinski definition) is 3. The fourth-order valence-electron chi connectivity index (χ4n) is 2.72. The van der Waals surface area contributed by atoms with Crippen molar-refractivity contribution in [3.63, 3.8) is 0 Å². The number of halogens is 1. The van der Waals surface area contributed by atoms with Gasteiger partial charge in [0.2, 0.25) is 5.91 Å². The van der Waals surface area contributed by atoms with Crippen molar-refractivity contribution in [3.8, 4) is 12.3 Å². The first-order chi connectivity index (χ1) is 11.0. The number of alkyl halides is 1. The third-order valence-electron chi connectivity index (χ3n) is 4.36. The van der Waals surface area contributed by atoms with E-state index in [1.807, 2.05) is 11.8 Å². The van der Waals surface area contributed by atoms with Crippen LogP contribution in [0.25, 0.3) is 0 Å². The number of amides is 1. The van der Waals surface area contributed by atoms with Crippen LogP contribution in [0, 0.1) is 18.3 Å². The second kappa shape index (κ2) is 11.3. The smallest absolute Gasteiger partial charge is 0.235 e. The lowest BCUT2D eigenvalue weighted by Gasteiger charge is -2.34. The second-order valence-corrected chi connectivity index (χ2v) is 7.62. The van der Waals surface area contributed by atoms with Gasteiger partial charge in [-0.1, -0.05) is 49.3 Å². The molecule has 1 aliphatic heterocycles. The summed E-state index contributed by atoms with van der Waals surface area (Å²) in [5.74, 6) is 3.31. The van der Waals surface area contributed by atoms with Crippen LogP contribution in [0.1, 0.15) is 52.9 Å². The van der Waals surface area contributed by atoms with Gasteiger partial charge in [0.1, 0.15) is 0 Å². The largest absolute Gasteiger partial charge is 0.350 e. The predicted molar refractivity (Wildman–Crippen MR) is 101 cm³/mol. The Bertz CT molecular complexity index is 396. The Morgan fingerprint density at radius 3 is 2.78 bits per heavy atom. The molecule has 1 heterocycles. The minimum absolute atomic E-state index is 0.0213. The van der Waals surface area contributed by atoms with Crippen LogP contribution in [0.5, 0.6) is 0 Å². The maximum Gasteiger partial charge on any atom is 0.235 e. The molecule has 0 spiro atoms. The molecule has 0 radical (unpaired) electrons. The van der Waals surface area contributed by atoms with Gasteiger partial charge in [-0.3, -0.25) is 4.79 Å².